The van der Waals surface area contributed by atoms with Gasteiger partial charge in [-0.2, -0.15) is 0 Å². The van der Waals surface area contributed by atoms with Crippen LogP contribution in [0.25, 0.3) is 0 Å². The molecule has 0 aliphatic rings. The summed E-state index contributed by atoms with van der Waals surface area (Å²) in [6.45, 7) is 5.67. The van der Waals surface area contributed by atoms with Crippen molar-refractivity contribution in [1.82, 2.24) is 5.32 Å². The highest BCUT2D eigenvalue weighted by Gasteiger charge is 2.21. The molecule has 1 atom stereocenters. The molecular weight excluding hydrogens is 318 g/mol. The lowest BCUT2D eigenvalue weighted by Crippen LogP contribution is -2.33. The van der Waals surface area contributed by atoms with E-state index in [9.17, 15) is 9.59 Å². The number of nitrogens with one attached hydrogen (secondary N) is 1. The molecule has 0 saturated heterocycles. The normalized spacial score (nSPS) is 11.6. The third-order valence-corrected chi connectivity index (χ3v) is 4.11. The Morgan fingerprint density at radius 3 is 2.08 bits per heavy atom. The summed E-state index contributed by atoms with van der Waals surface area (Å²) in [6, 6.07) is 10.2. The van der Waals surface area contributed by atoms with Crippen molar-refractivity contribution in [2.24, 2.45) is 0 Å². The van der Waals surface area contributed by atoms with Crippen molar-refractivity contribution in [3.63, 3.8) is 0 Å². The van der Waals surface area contributed by atoms with Crippen molar-refractivity contribution in [3.8, 4) is 11.5 Å². The zero-order valence-electron chi connectivity index (χ0n) is 15.2. The minimum atomic E-state index is -0.634. The van der Waals surface area contributed by atoms with Gasteiger partial charge in [-0.1, -0.05) is 29.8 Å². The van der Waals surface area contributed by atoms with Crippen molar-refractivity contribution in [2.45, 2.75) is 26.8 Å². The van der Waals surface area contributed by atoms with E-state index in [0.717, 1.165) is 16.7 Å². The monoisotopic (exact) mass is 341 g/mol. The Kier molecular flexibility index (Phi) is 5.80. The van der Waals surface area contributed by atoms with Crippen LogP contribution in [0.2, 0.25) is 0 Å². The SMILES string of the molecule is COc1cc(C)c([C@H](C)NC(=O)C(=O)c2ccc(C)cc2)cc1OC. The third-order valence-electron chi connectivity index (χ3n) is 4.11. The zero-order chi connectivity index (χ0) is 18.6. The minimum absolute atomic E-state index is 0.346. The quantitative estimate of drug-likeness (QED) is 0.646. The maximum Gasteiger partial charge on any atom is 0.292 e. The molecule has 0 radical (unpaired) electrons. The van der Waals surface area contributed by atoms with E-state index in [0.29, 0.717) is 17.1 Å². The number of ketones is 1. The minimum Gasteiger partial charge on any atom is -0.493 e. The number of Topliss-reactive ketones (excluding diaryl/α,β-unsaturated/α-hetero) is 1. The molecule has 0 aliphatic heterocycles. The molecule has 0 heterocycles. The number of carbonyl (C=O) groups is 2. The number of ether oxygens (including phenoxy) is 2. The Morgan fingerprint density at radius 1 is 0.960 bits per heavy atom. The van der Waals surface area contributed by atoms with Crippen molar-refractivity contribution < 1.29 is 19.1 Å². The highest BCUT2D eigenvalue weighted by molar-refractivity contribution is 6.42. The van der Waals surface area contributed by atoms with E-state index in [2.05, 4.69) is 5.32 Å². The lowest BCUT2D eigenvalue weighted by molar-refractivity contribution is -0.117. The first-order valence-corrected chi connectivity index (χ1v) is 8.01. The molecule has 0 aromatic heterocycles. The van der Waals surface area contributed by atoms with Crippen molar-refractivity contribution in [3.05, 3.63) is 58.7 Å². The fourth-order valence-electron chi connectivity index (χ4n) is 2.64. The van der Waals surface area contributed by atoms with Gasteiger partial charge >= 0.3 is 0 Å². The lowest BCUT2D eigenvalue weighted by atomic mass is 10.0. The highest BCUT2D eigenvalue weighted by Crippen LogP contribution is 2.32. The van der Waals surface area contributed by atoms with Crippen molar-refractivity contribution >= 4 is 11.7 Å². The Hall–Kier alpha value is -2.82. The maximum absolute atomic E-state index is 12.3. The van der Waals surface area contributed by atoms with Crippen LogP contribution in [0.5, 0.6) is 11.5 Å². The first-order chi connectivity index (χ1) is 11.9. The zero-order valence-corrected chi connectivity index (χ0v) is 15.2. The van der Waals surface area contributed by atoms with Crippen LogP contribution in [0.4, 0.5) is 0 Å². The average molecular weight is 341 g/mol. The molecule has 0 spiro atoms. The maximum atomic E-state index is 12.3. The van der Waals surface area contributed by atoms with E-state index < -0.39 is 11.7 Å². The van der Waals surface area contributed by atoms with E-state index in [1.807, 2.05) is 45.0 Å². The van der Waals surface area contributed by atoms with E-state index in [1.54, 1.807) is 26.4 Å². The predicted octanol–water partition coefficient (Wildman–Crippen LogP) is 3.38. The van der Waals surface area contributed by atoms with Gasteiger partial charge in [0.25, 0.3) is 5.91 Å². The van der Waals surface area contributed by atoms with Gasteiger partial charge in [0.05, 0.1) is 20.3 Å². The molecule has 5 nitrogen and oxygen atoms in total. The Balaban J connectivity index is 2.18. The summed E-state index contributed by atoms with van der Waals surface area (Å²) in [5.74, 6) is 0.0163. The molecule has 1 N–H and O–H groups in total. The molecule has 0 fully saturated rings. The fourth-order valence-corrected chi connectivity index (χ4v) is 2.64. The van der Waals surface area contributed by atoms with E-state index in [-0.39, 0.29) is 6.04 Å². The van der Waals surface area contributed by atoms with Gasteiger partial charge in [-0.15, -0.1) is 0 Å². The fraction of sp³-hybridized carbons (Fsp3) is 0.300. The van der Waals surface area contributed by atoms with Gasteiger partial charge in [-0.3, -0.25) is 9.59 Å². The number of amides is 1. The largest absolute Gasteiger partial charge is 0.493 e. The number of hydrogen-bond acceptors (Lipinski definition) is 4. The van der Waals surface area contributed by atoms with Crippen molar-refractivity contribution in [1.29, 1.82) is 0 Å². The Morgan fingerprint density at radius 2 is 1.52 bits per heavy atom. The molecule has 0 saturated carbocycles. The summed E-state index contributed by atoms with van der Waals surface area (Å²) >= 11 is 0. The molecule has 5 heteroatoms. The average Bonchev–Trinajstić information content (AvgIpc) is 2.61. The molecule has 25 heavy (non-hydrogen) atoms. The number of benzene rings is 2. The highest BCUT2D eigenvalue weighted by atomic mass is 16.5. The van der Waals surface area contributed by atoms with Crippen LogP contribution in [0.1, 0.15) is 40.0 Å². The van der Waals surface area contributed by atoms with Crippen LogP contribution >= 0.6 is 0 Å². The summed E-state index contributed by atoms with van der Waals surface area (Å²) < 4.78 is 10.6. The predicted molar refractivity (Wildman–Crippen MR) is 96.4 cm³/mol. The third kappa shape index (κ3) is 4.18. The van der Waals surface area contributed by atoms with Crippen LogP contribution in [0.3, 0.4) is 0 Å². The van der Waals surface area contributed by atoms with Gasteiger partial charge in [-0.05, 0) is 44.0 Å². The molecule has 2 aromatic carbocycles. The molecule has 1 amide bonds. The van der Waals surface area contributed by atoms with Gasteiger partial charge in [0.2, 0.25) is 5.78 Å². The number of hydrogen-bond donors (Lipinski definition) is 1. The molecule has 2 aromatic rings. The summed E-state index contributed by atoms with van der Waals surface area (Å²) in [7, 11) is 3.13. The van der Waals surface area contributed by atoms with Gasteiger partial charge in [0.1, 0.15) is 0 Å². The standard InChI is InChI=1S/C20H23NO4/c1-12-6-8-15(9-7-12)19(22)20(23)21-14(3)16-11-18(25-5)17(24-4)10-13(16)2/h6-11,14H,1-5H3,(H,21,23)/t14-/m0/s1. The molecule has 0 unspecified atom stereocenters. The van der Waals surface area contributed by atoms with Gasteiger partial charge < -0.3 is 14.8 Å². The van der Waals surface area contributed by atoms with Gasteiger partial charge in [-0.25, -0.2) is 0 Å². The molecule has 132 valence electrons. The van der Waals surface area contributed by atoms with Gasteiger partial charge in [0.15, 0.2) is 11.5 Å². The first-order valence-electron chi connectivity index (χ1n) is 8.01. The number of methoxy groups -OCH3 is 2. The number of aryl methyl sites for hydroxylation is 2. The Bertz CT molecular complexity index is 781. The second kappa shape index (κ2) is 7.83. The van der Waals surface area contributed by atoms with Gasteiger partial charge in [0, 0.05) is 5.56 Å². The number of carbonyl (C=O) groups excluding carboxylic acids is 2. The molecular formula is C20H23NO4. The first kappa shape index (κ1) is 18.5. The summed E-state index contributed by atoms with van der Waals surface area (Å²) in [4.78, 5) is 24.6. The molecule has 0 bridgehead atoms. The topological polar surface area (TPSA) is 64.6 Å². The summed E-state index contributed by atoms with van der Waals surface area (Å²) in [5.41, 5.74) is 3.21. The van der Waals surface area contributed by atoms with Crippen LogP contribution in [0, 0.1) is 13.8 Å². The van der Waals surface area contributed by atoms with Crippen LogP contribution < -0.4 is 14.8 Å². The molecule has 0 aliphatic carbocycles. The van der Waals surface area contributed by atoms with Crippen LogP contribution in [-0.2, 0) is 4.79 Å². The van der Waals surface area contributed by atoms with E-state index >= 15 is 0 Å². The van der Waals surface area contributed by atoms with Crippen molar-refractivity contribution in [2.75, 3.05) is 14.2 Å². The second-order valence-electron chi connectivity index (χ2n) is 5.95. The molecule has 2 rings (SSSR count). The number of rotatable bonds is 6. The Labute approximate surface area is 148 Å². The van der Waals surface area contributed by atoms with Crippen LogP contribution in [-0.4, -0.2) is 25.9 Å². The van der Waals surface area contributed by atoms with Crippen LogP contribution in [0.15, 0.2) is 36.4 Å². The second-order valence-corrected chi connectivity index (χ2v) is 5.95. The van der Waals surface area contributed by atoms with E-state index in [1.165, 1.54) is 0 Å². The summed E-state index contributed by atoms with van der Waals surface area (Å²) in [5, 5.41) is 2.75. The lowest BCUT2D eigenvalue weighted by Gasteiger charge is -2.19. The summed E-state index contributed by atoms with van der Waals surface area (Å²) in [6.07, 6.45) is 0. The van der Waals surface area contributed by atoms with E-state index in [4.69, 9.17) is 9.47 Å². The smallest absolute Gasteiger partial charge is 0.292 e.